The van der Waals surface area contributed by atoms with Gasteiger partial charge in [-0.15, -0.1) is 0 Å². The second-order valence-electron chi connectivity index (χ2n) is 8.34. The summed E-state index contributed by atoms with van der Waals surface area (Å²) in [6.07, 6.45) is 5.76. The fourth-order valence-electron chi connectivity index (χ4n) is 4.95. The van der Waals surface area contributed by atoms with Gasteiger partial charge in [-0.1, -0.05) is 13.3 Å². The third-order valence-corrected chi connectivity index (χ3v) is 10.5. The van der Waals surface area contributed by atoms with E-state index in [0.29, 0.717) is 25.7 Å². The quantitative estimate of drug-likeness (QED) is 0.699. The van der Waals surface area contributed by atoms with Crippen LogP contribution < -0.4 is 0 Å². The Hall–Kier alpha value is -1.00. The van der Waals surface area contributed by atoms with Gasteiger partial charge in [0.05, 0.1) is 9.79 Å². The molecule has 162 valence electrons. The summed E-state index contributed by atoms with van der Waals surface area (Å²) in [5.41, 5.74) is 0. The van der Waals surface area contributed by atoms with Gasteiger partial charge in [0.15, 0.2) is 0 Å². The van der Waals surface area contributed by atoms with Crippen molar-refractivity contribution in [3.8, 4) is 0 Å². The van der Waals surface area contributed by atoms with Crippen LogP contribution in [-0.4, -0.2) is 75.2 Å². The van der Waals surface area contributed by atoms with E-state index in [9.17, 15) is 16.8 Å². The first kappa shape index (κ1) is 21.2. The van der Waals surface area contributed by atoms with Crippen LogP contribution in [0.2, 0.25) is 0 Å². The Morgan fingerprint density at radius 2 is 1.52 bits per heavy atom. The van der Waals surface area contributed by atoms with Gasteiger partial charge in [-0.05, 0) is 62.9 Å². The highest BCUT2D eigenvalue weighted by Crippen LogP contribution is 2.29. The Bertz CT molecular complexity index is 931. The molecule has 0 spiro atoms. The number of rotatable bonds is 5. The van der Waals surface area contributed by atoms with Crippen LogP contribution in [0.4, 0.5) is 0 Å². The van der Waals surface area contributed by atoms with Crippen molar-refractivity contribution in [3.63, 3.8) is 0 Å². The molecule has 1 aromatic rings. The van der Waals surface area contributed by atoms with Gasteiger partial charge in [0.1, 0.15) is 0 Å². The van der Waals surface area contributed by atoms with Crippen LogP contribution in [0.3, 0.4) is 0 Å². The van der Waals surface area contributed by atoms with Gasteiger partial charge in [0.2, 0.25) is 20.0 Å². The average molecular weight is 442 g/mol. The van der Waals surface area contributed by atoms with Gasteiger partial charge in [0, 0.05) is 38.3 Å². The van der Waals surface area contributed by atoms with E-state index in [4.69, 9.17) is 0 Å². The molecule has 3 saturated heterocycles. The third kappa shape index (κ3) is 3.99. The van der Waals surface area contributed by atoms with E-state index in [-0.39, 0.29) is 15.8 Å². The van der Waals surface area contributed by atoms with Crippen LogP contribution >= 0.6 is 0 Å². The molecule has 1 aromatic carbocycles. The molecule has 0 aliphatic carbocycles. The van der Waals surface area contributed by atoms with Crippen molar-refractivity contribution in [3.05, 3.63) is 24.3 Å². The lowest BCUT2D eigenvalue weighted by atomic mass is 10.0. The van der Waals surface area contributed by atoms with Crippen LogP contribution in [0.25, 0.3) is 0 Å². The van der Waals surface area contributed by atoms with E-state index in [0.717, 1.165) is 51.6 Å². The molecule has 0 bridgehead atoms. The number of benzene rings is 1. The summed E-state index contributed by atoms with van der Waals surface area (Å²) in [7, 11) is -7.21. The molecule has 3 aliphatic rings. The van der Waals surface area contributed by atoms with Crippen LogP contribution in [0.5, 0.6) is 0 Å². The third-order valence-electron chi connectivity index (χ3n) is 6.66. The topological polar surface area (TPSA) is 78.0 Å². The molecule has 0 unspecified atom stereocenters. The summed E-state index contributed by atoms with van der Waals surface area (Å²) < 4.78 is 55.5. The van der Waals surface area contributed by atoms with Gasteiger partial charge < -0.3 is 0 Å². The average Bonchev–Trinajstić information content (AvgIpc) is 3.21. The van der Waals surface area contributed by atoms with Gasteiger partial charge in [-0.3, -0.25) is 4.90 Å². The molecule has 0 N–H and O–H groups in total. The van der Waals surface area contributed by atoms with Crippen molar-refractivity contribution in [2.75, 3.05) is 32.7 Å². The van der Waals surface area contributed by atoms with Gasteiger partial charge >= 0.3 is 0 Å². The maximum absolute atomic E-state index is 13.1. The van der Waals surface area contributed by atoms with Gasteiger partial charge in [-0.25, -0.2) is 16.8 Å². The van der Waals surface area contributed by atoms with Crippen molar-refractivity contribution in [1.29, 1.82) is 0 Å². The lowest BCUT2D eigenvalue weighted by Gasteiger charge is -2.36. The zero-order valence-corrected chi connectivity index (χ0v) is 18.7. The van der Waals surface area contributed by atoms with Crippen molar-refractivity contribution in [1.82, 2.24) is 13.5 Å². The first-order chi connectivity index (χ1) is 13.8. The van der Waals surface area contributed by atoms with Crippen LogP contribution in [0, 0.1) is 0 Å². The van der Waals surface area contributed by atoms with Gasteiger partial charge in [-0.2, -0.15) is 8.61 Å². The Labute approximate surface area is 174 Å². The molecule has 4 rings (SSSR count). The molecule has 0 aromatic heterocycles. The first-order valence-electron chi connectivity index (χ1n) is 10.7. The maximum Gasteiger partial charge on any atom is 0.243 e. The predicted octanol–water partition coefficient (Wildman–Crippen LogP) is 2.11. The Balaban J connectivity index is 1.54. The number of hydrogen-bond donors (Lipinski definition) is 0. The summed E-state index contributed by atoms with van der Waals surface area (Å²) >= 11 is 0. The largest absolute Gasteiger partial charge is 0.298 e. The molecule has 3 heterocycles. The Kier molecular flexibility index (Phi) is 6.05. The summed E-state index contributed by atoms with van der Waals surface area (Å²) in [6.45, 7) is 5.38. The number of fused-ring (bicyclic) bond motifs is 1. The zero-order valence-electron chi connectivity index (χ0n) is 17.0. The summed E-state index contributed by atoms with van der Waals surface area (Å²) in [5, 5.41) is 0. The number of hydrogen-bond acceptors (Lipinski definition) is 5. The van der Waals surface area contributed by atoms with Crippen molar-refractivity contribution in [2.45, 2.75) is 67.3 Å². The van der Waals surface area contributed by atoms with E-state index in [1.54, 1.807) is 8.61 Å². The molecule has 3 fully saturated rings. The highest BCUT2D eigenvalue weighted by Gasteiger charge is 2.37. The lowest BCUT2D eigenvalue weighted by molar-refractivity contribution is 0.158. The second-order valence-corrected chi connectivity index (χ2v) is 12.2. The molecular formula is C20H31N3O4S2. The predicted molar refractivity (Wildman–Crippen MR) is 112 cm³/mol. The minimum absolute atomic E-state index is 0.0277. The number of nitrogens with zero attached hydrogens (tertiary/aromatic N) is 3. The fraction of sp³-hybridized carbons (Fsp3) is 0.700. The lowest BCUT2D eigenvalue weighted by Crippen LogP contribution is -2.51. The zero-order chi connectivity index (χ0) is 20.6. The van der Waals surface area contributed by atoms with Crippen molar-refractivity contribution >= 4 is 20.0 Å². The molecule has 3 aliphatic heterocycles. The standard InChI is InChI=1S/C20H31N3O4S2/c1-2-17-6-3-4-13-23(17)29(26,27)20-10-8-19(9-11-20)28(24,25)22-15-14-21-12-5-7-18(21)16-22/h8-11,17-18H,2-7,12-16H2,1H3/t17-,18-/m1/s1. The highest BCUT2D eigenvalue weighted by atomic mass is 32.2. The normalized spacial score (nSPS) is 27.8. The van der Waals surface area contributed by atoms with Crippen molar-refractivity contribution in [2.24, 2.45) is 0 Å². The molecule has 7 nitrogen and oxygen atoms in total. The number of sulfonamides is 2. The Morgan fingerprint density at radius 1 is 0.828 bits per heavy atom. The smallest absolute Gasteiger partial charge is 0.243 e. The van der Waals surface area contributed by atoms with E-state index in [2.05, 4.69) is 4.90 Å². The SMILES string of the molecule is CC[C@@H]1CCCCN1S(=O)(=O)c1ccc(S(=O)(=O)N2CCN3CCC[C@@H]3C2)cc1. The van der Waals surface area contributed by atoms with E-state index in [1.165, 1.54) is 24.3 Å². The molecule has 0 radical (unpaired) electrons. The highest BCUT2D eigenvalue weighted by molar-refractivity contribution is 7.89. The Morgan fingerprint density at radius 3 is 2.21 bits per heavy atom. The van der Waals surface area contributed by atoms with Crippen LogP contribution in [-0.2, 0) is 20.0 Å². The minimum atomic E-state index is -3.60. The van der Waals surface area contributed by atoms with Gasteiger partial charge in [0.25, 0.3) is 0 Å². The van der Waals surface area contributed by atoms with Crippen LogP contribution in [0.1, 0.15) is 45.4 Å². The summed E-state index contributed by atoms with van der Waals surface area (Å²) in [6, 6.07) is 6.15. The molecular weight excluding hydrogens is 410 g/mol. The number of piperazine rings is 1. The minimum Gasteiger partial charge on any atom is -0.298 e. The molecule has 0 saturated carbocycles. The van der Waals surface area contributed by atoms with Crippen LogP contribution in [0.15, 0.2) is 34.1 Å². The summed E-state index contributed by atoms with van der Waals surface area (Å²) in [5.74, 6) is 0. The first-order valence-corrected chi connectivity index (χ1v) is 13.6. The van der Waals surface area contributed by atoms with Crippen molar-refractivity contribution < 1.29 is 16.8 Å². The molecule has 0 amide bonds. The van der Waals surface area contributed by atoms with E-state index < -0.39 is 20.0 Å². The second kappa shape index (κ2) is 8.26. The molecule has 9 heteroatoms. The monoisotopic (exact) mass is 441 g/mol. The molecule has 2 atom stereocenters. The number of piperidine rings is 1. The van der Waals surface area contributed by atoms with E-state index >= 15 is 0 Å². The van der Waals surface area contributed by atoms with E-state index in [1.807, 2.05) is 6.92 Å². The maximum atomic E-state index is 13.1. The molecule has 29 heavy (non-hydrogen) atoms. The summed E-state index contributed by atoms with van der Waals surface area (Å²) in [4.78, 5) is 2.72. The fourth-order valence-corrected chi connectivity index (χ4v) is 8.18.